The minimum absolute atomic E-state index is 0.287. The van der Waals surface area contributed by atoms with Crippen molar-refractivity contribution in [2.75, 3.05) is 25.0 Å². The normalized spacial score (nSPS) is 10.1. The monoisotopic (exact) mass is 264 g/mol. The number of amides is 2. The molecule has 5 nitrogen and oxygen atoms in total. The zero-order valence-corrected chi connectivity index (χ0v) is 11.8. The van der Waals surface area contributed by atoms with Crippen LogP contribution >= 0.6 is 0 Å². The van der Waals surface area contributed by atoms with Crippen LogP contribution in [-0.4, -0.2) is 42.1 Å². The number of likely N-dealkylation sites (N-methyl/N-ethyl adjacent to an activating group) is 1. The average Bonchev–Trinajstić information content (AvgIpc) is 2.34. The highest BCUT2D eigenvalue weighted by Gasteiger charge is 2.20. The number of carboxylic acid groups (broad SMARTS) is 1. The second-order valence-electron chi connectivity index (χ2n) is 4.54. The largest absolute Gasteiger partial charge is 0.480 e. The molecule has 2 amide bonds. The van der Waals surface area contributed by atoms with Gasteiger partial charge in [-0.1, -0.05) is 17.7 Å². The summed E-state index contributed by atoms with van der Waals surface area (Å²) in [6.07, 6.45) is 0. The van der Waals surface area contributed by atoms with Crippen molar-refractivity contribution in [1.82, 2.24) is 4.90 Å². The van der Waals surface area contributed by atoms with Crippen LogP contribution in [0.1, 0.15) is 18.1 Å². The zero-order chi connectivity index (χ0) is 14.6. The second kappa shape index (κ2) is 6.22. The maximum atomic E-state index is 12.2. The minimum Gasteiger partial charge on any atom is -0.480 e. The molecule has 19 heavy (non-hydrogen) atoms. The number of nitrogens with zero attached hydrogens (tertiary/aromatic N) is 2. The average molecular weight is 264 g/mol. The van der Waals surface area contributed by atoms with E-state index >= 15 is 0 Å². The van der Waals surface area contributed by atoms with Gasteiger partial charge in [0.25, 0.3) is 0 Å². The van der Waals surface area contributed by atoms with Gasteiger partial charge in [-0.15, -0.1) is 0 Å². The molecule has 104 valence electrons. The van der Waals surface area contributed by atoms with Crippen LogP contribution in [0.3, 0.4) is 0 Å². The third kappa shape index (κ3) is 3.71. The lowest BCUT2D eigenvalue weighted by atomic mass is 10.1. The molecule has 1 aromatic carbocycles. The first-order valence-electron chi connectivity index (χ1n) is 6.18. The summed E-state index contributed by atoms with van der Waals surface area (Å²) in [7, 11) is 1.66. The van der Waals surface area contributed by atoms with E-state index in [0.717, 1.165) is 16.8 Å². The first-order chi connectivity index (χ1) is 8.86. The van der Waals surface area contributed by atoms with E-state index in [2.05, 4.69) is 0 Å². The fourth-order valence-corrected chi connectivity index (χ4v) is 1.97. The van der Waals surface area contributed by atoms with Crippen molar-refractivity contribution in [3.05, 3.63) is 29.3 Å². The molecule has 0 spiro atoms. The van der Waals surface area contributed by atoms with Crippen molar-refractivity contribution in [3.63, 3.8) is 0 Å². The molecule has 0 bridgehead atoms. The Morgan fingerprint density at radius 2 is 1.89 bits per heavy atom. The Bertz CT molecular complexity index is 486. The number of benzene rings is 1. The number of aliphatic carboxylic acids is 1. The molecule has 1 N–H and O–H groups in total. The molecular formula is C14H20N2O3. The van der Waals surface area contributed by atoms with Crippen molar-refractivity contribution in [2.45, 2.75) is 20.8 Å². The van der Waals surface area contributed by atoms with Crippen LogP contribution in [0.2, 0.25) is 0 Å². The Hall–Kier alpha value is -2.04. The van der Waals surface area contributed by atoms with Gasteiger partial charge < -0.3 is 10.0 Å². The van der Waals surface area contributed by atoms with E-state index in [1.165, 1.54) is 9.80 Å². The molecular weight excluding hydrogens is 244 g/mol. The van der Waals surface area contributed by atoms with Crippen LogP contribution in [0.15, 0.2) is 18.2 Å². The third-order valence-corrected chi connectivity index (χ3v) is 2.98. The minimum atomic E-state index is -1.01. The van der Waals surface area contributed by atoms with Crippen molar-refractivity contribution in [2.24, 2.45) is 0 Å². The Morgan fingerprint density at radius 3 is 2.37 bits per heavy atom. The summed E-state index contributed by atoms with van der Waals surface area (Å²) in [5.74, 6) is -1.01. The molecule has 0 saturated heterocycles. The molecule has 5 heteroatoms. The molecule has 0 aliphatic rings. The summed E-state index contributed by atoms with van der Waals surface area (Å²) in [5, 5.41) is 8.79. The molecule has 1 rings (SSSR count). The summed E-state index contributed by atoms with van der Waals surface area (Å²) in [6.45, 7) is 5.75. The van der Waals surface area contributed by atoms with E-state index in [9.17, 15) is 9.59 Å². The lowest BCUT2D eigenvalue weighted by molar-refractivity contribution is -0.137. The first kappa shape index (κ1) is 15.0. The number of hydrogen-bond donors (Lipinski definition) is 1. The van der Waals surface area contributed by atoms with Crippen molar-refractivity contribution < 1.29 is 14.7 Å². The Kier molecular flexibility index (Phi) is 4.92. The van der Waals surface area contributed by atoms with Crippen molar-refractivity contribution in [3.8, 4) is 0 Å². The quantitative estimate of drug-likeness (QED) is 0.907. The van der Waals surface area contributed by atoms with E-state index in [1.807, 2.05) is 32.0 Å². The number of carbonyl (C=O) groups is 2. The molecule has 1 aromatic rings. The Balaban J connectivity index is 2.94. The van der Waals surface area contributed by atoms with E-state index in [0.29, 0.717) is 6.54 Å². The predicted octanol–water partition coefficient (Wildman–Crippen LogP) is 2.27. The van der Waals surface area contributed by atoms with Crippen molar-refractivity contribution in [1.29, 1.82) is 0 Å². The summed E-state index contributed by atoms with van der Waals surface area (Å²) in [4.78, 5) is 25.7. The smallest absolute Gasteiger partial charge is 0.324 e. The Morgan fingerprint density at radius 1 is 1.26 bits per heavy atom. The molecule has 0 unspecified atom stereocenters. The van der Waals surface area contributed by atoms with Crippen LogP contribution in [0.25, 0.3) is 0 Å². The highest BCUT2D eigenvalue weighted by atomic mass is 16.4. The predicted molar refractivity (Wildman–Crippen MR) is 74.6 cm³/mol. The standard InChI is InChI=1S/C14H20N2O3/c1-5-16(9-13(17)18)14(19)15(4)12-7-6-10(2)8-11(12)3/h6-8H,5,9H2,1-4H3,(H,17,18). The van der Waals surface area contributed by atoms with Gasteiger partial charge >= 0.3 is 12.0 Å². The zero-order valence-electron chi connectivity index (χ0n) is 11.8. The molecule has 0 aliphatic heterocycles. The fraction of sp³-hybridized carbons (Fsp3) is 0.429. The molecule has 0 atom stereocenters. The lowest BCUT2D eigenvalue weighted by Gasteiger charge is -2.27. The number of aryl methyl sites for hydroxylation is 2. The maximum Gasteiger partial charge on any atom is 0.324 e. The molecule has 0 saturated carbocycles. The lowest BCUT2D eigenvalue weighted by Crippen LogP contribution is -2.43. The van der Waals surface area contributed by atoms with Gasteiger partial charge in [0.2, 0.25) is 0 Å². The van der Waals surface area contributed by atoms with Gasteiger partial charge in [0, 0.05) is 19.3 Å². The van der Waals surface area contributed by atoms with Crippen LogP contribution < -0.4 is 4.90 Å². The van der Waals surface area contributed by atoms with Crippen LogP contribution in [-0.2, 0) is 4.79 Å². The maximum absolute atomic E-state index is 12.2. The number of carbonyl (C=O) groups excluding carboxylic acids is 1. The Labute approximate surface area is 113 Å². The van der Waals surface area contributed by atoms with Gasteiger partial charge in [0.1, 0.15) is 6.54 Å². The number of hydrogen-bond acceptors (Lipinski definition) is 2. The fourth-order valence-electron chi connectivity index (χ4n) is 1.97. The van der Waals surface area contributed by atoms with Gasteiger partial charge in [-0.3, -0.25) is 9.69 Å². The van der Waals surface area contributed by atoms with E-state index in [-0.39, 0.29) is 12.6 Å². The summed E-state index contributed by atoms with van der Waals surface area (Å²) >= 11 is 0. The molecule has 0 aliphatic carbocycles. The second-order valence-corrected chi connectivity index (χ2v) is 4.54. The molecule has 0 aromatic heterocycles. The van der Waals surface area contributed by atoms with Crippen LogP contribution in [0.5, 0.6) is 0 Å². The molecule has 0 radical (unpaired) electrons. The number of urea groups is 1. The summed E-state index contributed by atoms with van der Waals surface area (Å²) < 4.78 is 0. The topological polar surface area (TPSA) is 60.9 Å². The summed E-state index contributed by atoms with van der Waals surface area (Å²) in [6, 6.07) is 5.49. The van der Waals surface area contributed by atoms with Gasteiger partial charge in [0.15, 0.2) is 0 Å². The molecule has 0 fully saturated rings. The number of rotatable bonds is 4. The van der Waals surface area contributed by atoms with Gasteiger partial charge in [-0.2, -0.15) is 0 Å². The number of anilines is 1. The van der Waals surface area contributed by atoms with E-state index in [4.69, 9.17) is 5.11 Å². The van der Waals surface area contributed by atoms with Gasteiger partial charge in [-0.25, -0.2) is 4.79 Å². The van der Waals surface area contributed by atoms with Crippen LogP contribution in [0, 0.1) is 13.8 Å². The first-order valence-corrected chi connectivity index (χ1v) is 6.18. The highest BCUT2D eigenvalue weighted by Crippen LogP contribution is 2.21. The molecule has 0 heterocycles. The summed E-state index contributed by atoms with van der Waals surface area (Å²) in [5.41, 5.74) is 2.90. The highest BCUT2D eigenvalue weighted by molar-refractivity contribution is 5.93. The number of carboxylic acids is 1. The van der Waals surface area contributed by atoms with Gasteiger partial charge in [-0.05, 0) is 32.4 Å². The van der Waals surface area contributed by atoms with E-state index < -0.39 is 5.97 Å². The van der Waals surface area contributed by atoms with Gasteiger partial charge in [0.05, 0.1) is 0 Å². The van der Waals surface area contributed by atoms with Crippen LogP contribution in [0.4, 0.5) is 10.5 Å². The SMILES string of the molecule is CCN(CC(=O)O)C(=O)N(C)c1ccc(C)cc1C. The van der Waals surface area contributed by atoms with E-state index in [1.54, 1.807) is 14.0 Å². The van der Waals surface area contributed by atoms with Crippen molar-refractivity contribution >= 4 is 17.7 Å². The third-order valence-electron chi connectivity index (χ3n) is 2.98.